The molecule has 4 nitrogen and oxygen atoms in total. The summed E-state index contributed by atoms with van der Waals surface area (Å²) in [6.07, 6.45) is 0. The summed E-state index contributed by atoms with van der Waals surface area (Å²) >= 11 is 0. The third-order valence-electron chi connectivity index (χ3n) is 12.8. The second-order valence-electron chi connectivity index (χ2n) is 16.5. The lowest BCUT2D eigenvalue weighted by Crippen LogP contribution is -2.10. The highest BCUT2D eigenvalue weighted by Crippen LogP contribution is 2.45. The summed E-state index contributed by atoms with van der Waals surface area (Å²) in [5.41, 5.74) is 17.0. The molecule has 13 rings (SSSR count). The van der Waals surface area contributed by atoms with E-state index in [0.717, 1.165) is 106 Å². The van der Waals surface area contributed by atoms with Crippen LogP contribution in [0.4, 0.5) is 17.1 Å². The first-order valence-corrected chi connectivity index (χ1v) is 21.7. The van der Waals surface area contributed by atoms with Crippen molar-refractivity contribution in [1.82, 2.24) is 4.57 Å². The fraction of sp³-hybridized carbons (Fsp3) is 0. The molecular weight excluding hydrogens is 781 g/mol. The number of rotatable bonds is 7. The summed E-state index contributed by atoms with van der Waals surface area (Å²) in [4.78, 5) is 2.40. The molecule has 0 aliphatic rings. The number of nitrogens with zero attached hydrogens (tertiary/aromatic N) is 2. The van der Waals surface area contributed by atoms with Gasteiger partial charge in [-0.3, -0.25) is 0 Å². The van der Waals surface area contributed by atoms with Crippen molar-refractivity contribution in [3.63, 3.8) is 0 Å². The van der Waals surface area contributed by atoms with Gasteiger partial charge in [0, 0.05) is 54.9 Å². The average Bonchev–Trinajstić information content (AvgIpc) is 4.04. The van der Waals surface area contributed by atoms with Crippen molar-refractivity contribution in [2.75, 3.05) is 4.90 Å². The quantitative estimate of drug-likeness (QED) is 0.161. The van der Waals surface area contributed by atoms with Gasteiger partial charge in [-0.05, 0) is 113 Å². The van der Waals surface area contributed by atoms with E-state index in [2.05, 4.69) is 222 Å². The van der Waals surface area contributed by atoms with Crippen LogP contribution in [0.25, 0.3) is 105 Å². The molecule has 0 aliphatic heterocycles. The highest BCUT2D eigenvalue weighted by molar-refractivity contribution is 6.17. The molecule has 0 unspecified atom stereocenters. The van der Waals surface area contributed by atoms with E-state index in [1.807, 2.05) is 18.2 Å². The number of fused-ring (bicyclic) bond motifs is 9. The maximum absolute atomic E-state index is 6.53. The summed E-state index contributed by atoms with van der Waals surface area (Å²) in [7, 11) is 0. The normalized spacial score (nSPS) is 11.8. The van der Waals surface area contributed by atoms with Gasteiger partial charge in [-0.15, -0.1) is 0 Å². The van der Waals surface area contributed by atoms with Gasteiger partial charge < -0.3 is 18.3 Å². The molecule has 0 radical (unpaired) electrons. The molecule has 0 bridgehead atoms. The van der Waals surface area contributed by atoms with Gasteiger partial charge in [0.05, 0.1) is 16.7 Å². The van der Waals surface area contributed by atoms with Crippen molar-refractivity contribution in [3.05, 3.63) is 231 Å². The van der Waals surface area contributed by atoms with Gasteiger partial charge in [-0.25, -0.2) is 0 Å². The number of hydrogen-bond acceptors (Lipinski definition) is 3. The van der Waals surface area contributed by atoms with E-state index in [4.69, 9.17) is 8.83 Å². The number of furan rings is 2. The Kier molecular flexibility index (Phi) is 8.18. The Morgan fingerprint density at radius 3 is 1.69 bits per heavy atom. The Morgan fingerprint density at radius 1 is 0.328 bits per heavy atom. The molecule has 0 fully saturated rings. The van der Waals surface area contributed by atoms with E-state index in [1.165, 1.54) is 16.3 Å². The van der Waals surface area contributed by atoms with E-state index in [9.17, 15) is 0 Å². The SMILES string of the molecule is c1ccc(-c2cccc3c2oc2ccc(-c4ccc(N(c5ccc(-c6ccc7c(c6)oc6ccccc67)cc5)c5cccc6c5c5ccccc5n6-c5ccccc5)cc4)cc23)cc1. The van der Waals surface area contributed by atoms with Gasteiger partial charge in [0.2, 0.25) is 0 Å². The second-order valence-corrected chi connectivity index (χ2v) is 16.5. The van der Waals surface area contributed by atoms with Gasteiger partial charge >= 0.3 is 0 Å². The molecule has 3 heterocycles. The summed E-state index contributed by atoms with van der Waals surface area (Å²) < 4.78 is 15.2. The summed E-state index contributed by atoms with van der Waals surface area (Å²) in [6.45, 7) is 0. The van der Waals surface area contributed by atoms with Gasteiger partial charge in [0.1, 0.15) is 22.3 Å². The lowest BCUT2D eigenvalue weighted by atomic mass is 9.99. The van der Waals surface area contributed by atoms with E-state index >= 15 is 0 Å². The molecule has 0 atom stereocenters. The van der Waals surface area contributed by atoms with E-state index in [0.29, 0.717) is 0 Å². The number of hydrogen-bond donors (Lipinski definition) is 0. The third kappa shape index (κ3) is 5.77. The van der Waals surface area contributed by atoms with E-state index in [1.54, 1.807) is 0 Å². The zero-order chi connectivity index (χ0) is 42.1. The maximum atomic E-state index is 6.53. The number of benzene rings is 10. The second kappa shape index (κ2) is 14.5. The lowest BCUT2D eigenvalue weighted by molar-refractivity contribution is 0.669. The van der Waals surface area contributed by atoms with Crippen molar-refractivity contribution in [2.45, 2.75) is 0 Å². The molecule has 0 aliphatic carbocycles. The molecule has 10 aromatic carbocycles. The first-order valence-electron chi connectivity index (χ1n) is 21.7. The smallest absolute Gasteiger partial charge is 0.143 e. The summed E-state index contributed by atoms with van der Waals surface area (Å²) in [6, 6.07) is 82.2. The fourth-order valence-corrected chi connectivity index (χ4v) is 9.80. The van der Waals surface area contributed by atoms with Gasteiger partial charge in [0.25, 0.3) is 0 Å². The fourth-order valence-electron chi connectivity index (χ4n) is 9.80. The minimum absolute atomic E-state index is 0.883. The lowest BCUT2D eigenvalue weighted by Gasteiger charge is -2.27. The van der Waals surface area contributed by atoms with Crippen molar-refractivity contribution in [3.8, 4) is 39.1 Å². The Bertz CT molecular complexity index is 3880. The average molecular weight is 819 g/mol. The molecule has 0 saturated heterocycles. The van der Waals surface area contributed by atoms with Crippen LogP contribution in [-0.4, -0.2) is 4.57 Å². The Balaban J connectivity index is 0.943. The highest BCUT2D eigenvalue weighted by atomic mass is 16.3. The van der Waals surface area contributed by atoms with Crippen LogP contribution < -0.4 is 4.90 Å². The van der Waals surface area contributed by atoms with Crippen LogP contribution in [0, 0.1) is 0 Å². The number of aromatic nitrogens is 1. The third-order valence-corrected chi connectivity index (χ3v) is 12.8. The van der Waals surface area contributed by atoms with Crippen LogP contribution in [-0.2, 0) is 0 Å². The summed E-state index contributed by atoms with van der Waals surface area (Å²) in [5, 5.41) is 6.88. The van der Waals surface area contributed by atoms with E-state index in [-0.39, 0.29) is 0 Å². The molecule has 0 N–H and O–H groups in total. The Labute approximate surface area is 369 Å². The van der Waals surface area contributed by atoms with Crippen LogP contribution in [0.5, 0.6) is 0 Å². The molecule has 13 aromatic rings. The van der Waals surface area contributed by atoms with Gasteiger partial charge in [0.15, 0.2) is 0 Å². The van der Waals surface area contributed by atoms with Crippen molar-refractivity contribution in [2.24, 2.45) is 0 Å². The van der Waals surface area contributed by atoms with Crippen LogP contribution in [0.3, 0.4) is 0 Å². The zero-order valence-corrected chi connectivity index (χ0v) is 34.7. The standard InChI is InChI=1S/C60H38N2O2/c1-3-13-41(14-4-1)47-19-11-20-50-52-37-42(30-36-57(52)64-60(47)50)39-25-31-45(32-26-39)61(46-33-27-40(28-34-46)43-29-35-49-48-17-8-10-24-56(48)63-58(49)38-43)54-22-12-23-55-59(54)51-18-7-9-21-53(51)62(55)44-15-5-2-6-16-44/h1-38H. The van der Waals surface area contributed by atoms with Crippen molar-refractivity contribution < 1.29 is 8.83 Å². The zero-order valence-electron chi connectivity index (χ0n) is 34.7. The first kappa shape index (κ1) is 36.1. The van der Waals surface area contributed by atoms with Crippen molar-refractivity contribution >= 4 is 82.7 Å². The van der Waals surface area contributed by atoms with Crippen molar-refractivity contribution in [1.29, 1.82) is 0 Å². The van der Waals surface area contributed by atoms with Gasteiger partial charge in [-0.2, -0.15) is 0 Å². The Hall–Kier alpha value is -8.60. The molecule has 64 heavy (non-hydrogen) atoms. The molecule has 0 amide bonds. The topological polar surface area (TPSA) is 34.5 Å². The largest absolute Gasteiger partial charge is 0.456 e. The molecule has 300 valence electrons. The first-order chi connectivity index (χ1) is 31.7. The predicted octanol–water partition coefficient (Wildman–Crippen LogP) is 17.1. The predicted molar refractivity (Wildman–Crippen MR) is 266 cm³/mol. The molecule has 3 aromatic heterocycles. The summed E-state index contributed by atoms with van der Waals surface area (Å²) in [5.74, 6) is 0. The number of para-hydroxylation sites is 4. The highest BCUT2D eigenvalue weighted by Gasteiger charge is 2.22. The van der Waals surface area contributed by atoms with Crippen LogP contribution in [0.1, 0.15) is 0 Å². The maximum Gasteiger partial charge on any atom is 0.143 e. The van der Waals surface area contributed by atoms with Crippen LogP contribution in [0.2, 0.25) is 0 Å². The Morgan fingerprint density at radius 2 is 0.906 bits per heavy atom. The molecule has 4 heteroatoms. The van der Waals surface area contributed by atoms with Crippen LogP contribution in [0.15, 0.2) is 239 Å². The van der Waals surface area contributed by atoms with Crippen LogP contribution >= 0.6 is 0 Å². The number of anilines is 3. The molecule has 0 spiro atoms. The molecule has 0 saturated carbocycles. The molecular formula is C60H38N2O2. The minimum atomic E-state index is 0.883. The minimum Gasteiger partial charge on any atom is -0.456 e. The van der Waals surface area contributed by atoms with Gasteiger partial charge in [-0.1, -0.05) is 146 Å². The monoisotopic (exact) mass is 818 g/mol. The van der Waals surface area contributed by atoms with E-state index < -0.39 is 0 Å².